The molecule has 0 bridgehead atoms. The van der Waals surface area contributed by atoms with Gasteiger partial charge in [0, 0.05) is 12.7 Å². The summed E-state index contributed by atoms with van der Waals surface area (Å²) in [5, 5.41) is 0. The first-order chi connectivity index (χ1) is 5.25. The smallest absolute Gasteiger partial charge is 0.0202 e. The van der Waals surface area contributed by atoms with Gasteiger partial charge in [-0.1, -0.05) is 25.7 Å². The zero-order chi connectivity index (χ0) is 8.27. The highest BCUT2D eigenvalue weighted by atomic mass is 15.1. The SMILES string of the molecule is C=CN(C)C1=CC=CCC1C. The predicted octanol–water partition coefficient (Wildman–Crippen LogP) is 2.54. The molecule has 0 heterocycles. The van der Waals surface area contributed by atoms with Crippen LogP contribution < -0.4 is 0 Å². The second kappa shape index (κ2) is 3.42. The van der Waals surface area contributed by atoms with Gasteiger partial charge < -0.3 is 4.90 Å². The molecule has 0 amide bonds. The zero-order valence-corrected chi connectivity index (χ0v) is 7.25. The van der Waals surface area contributed by atoms with Crippen LogP contribution in [0.15, 0.2) is 36.7 Å². The van der Waals surface area contributed by atoms with E-state index < -0.39 is 0 Å². The van der Waals surface area contributed by atoms with Gasteiger partial charge in [0.05, 0.1) is 0 Å². The van der Waals surface area contributed by atoms with Crippen molar-refractivity contribution in [2.24, 2.45) is 5.92 Å². The molecule has 1 atom stereocenters. The fourth-order valence-corrected chi connectivity index (χ4v) is 1.30. The molecule has 0 radical (unpaired) electrons. The Kier molecular flexibility index (Phi) is 2.53. The summed E-state index contributed by atoms with van der Waals surface area (Å²) in [6.07, 6.45) is 9.45. The van der Waals surface area contributed by atoms with E-state index in [1.807, 2.05) is 13.2 Å². The van der Waals surface area contributed by atoms with Gasteiger partial charge in [-0.3, -0.25) is 0 Å². The Morgan fingerprint density at radius 3 is 3.00 bits per heavy atom. The van der Waals surface area contributed by atoms with Crippen molar-refractivity contribution in [3.05, 3.63) is 36.7 Å². The standard InChI is InChI=1S/C10H15N/c1-4-11(3)10-8-6-5-7-9(10)2/h4-6,8-9H,1,7H2,2-3H3. The predicted molar refractivity (Wildman–Crippen MR) is 49.0 cm³/mol. The van der Waals surface area contributed by atoms with Crippen LogP contribution in [0.4, 0.5) is 0 Å². The Morgan fingerprint density at radius 2 is 2.45 bits per heavy atom. The van der Waals surface area contributed by atoms with E-state index in [9.17, 15) is 0 Å². The van der Waals surface area contributed by atoms with Crippen molar-refractivity contribution >= 4 is 0 Å². The van der Waals surface area contributed by atoms with E-state index in [1.165, 1.54) is 5.70 Å². The van der Waals surface area contributed by atoms with Crippen LogP contribution >= 0.6 is 0 Å². The lowest BCUT2D eigenvalue weighted by molar-refractivity contribution is 0.467. The molecule has 0 saturated carbocycles. The summed E-state index contributed by atoms with van der Waals surface area (Å²) in [5.41, 5.74) is 1.35. The molecule has 1 heteroatoms. The van der Waals surface area contributed by atoms with Crippen LogP contribution in [0.3, 0.4) is 0 Å². The molecule has 0 aromatic carbocycles. The minimum absolute atomic E-state index is 0.628. The maximum absolute atomic E-state index is 3.73. The minimum atomic E-state index is 0.628. The molecule has 0 aromatic heterocycles. The van der Waals surface area contributed by atoms with Crippen LogP contribution in [-0.2, 0) is 0 Å². The summed E-state index contributed by atoms with van der Waals surface area (Å²) in [7, 11) is 2.04. The summed E-state index contributed by atoms with van der Waals surface area (Å²) in [4.78, 5) is 2.08. The zero-order valence-electron chi connectivity index (χ0n) is 7.25. The van der Waals surface area contributed by atoms with Crippen molar-refractivity contribution < 1.29 is 0 Å². The summed E-state index contributed by atoms with van der Waals surface area (Å²) >= 11 is 0. The monoisotopic (exact) mass is 149 g/mol. The molecule has 0 spiro atoms. The van der Waals surface area contributed by atoms with Crippen molar-refractivity contribution in [2.45, 2.75) is 13.3 Å². The van der Waals surface area contributed by atoms with Crippen molar-refractivity contribution in [3.8, 4) is 0 Å². The minimum Gasteiger partial charge on any atom is -0.355 e. The lowest BCUT2D eigenvalue weighted by Crippen LogP contribution is -2.17. The van der Waals surface area contributed by atoms with E-state index in [1.54, 1.807) is 0 Å². The van der Waals surface area contributed by atoms with Crippen LogP contribution in [0.25, 0.3) is 0 Å². The summed E-state index contributed by atoms with van der Waals surface area (Å²) in [6, 6.07) is 0. The van der Waals surface area contributed by atoms with Gasteiger partial charge in [-0.15, -0.1) is 0 Å². The highest BCUT2D eigenvalue weighted by molar-refractivity contribution is 5.20. The lowest BCUT2D eigenvalue weighted by Gasteiger charge is -2.24. The Bertz CT molecular complexity index is 201. The van der Waals surface area contributed by atoms with Crippen molar-refractivity contribution in [1.82, 2.24) is 4.90 Å². The summed E-state index contributed by atoms with van der Waals surface area (Å²) in [6.45, 7) is 5.96. The Balaban J connectivity index is 2.74. The maximum Gasteiger partial charge on any atom is 0.0202 e. The van der Waals surface area contributed by atoms with Crippen LogP contribution in [-0.4, -0.2) is 11.9 Å². The number of rotatable bonds is 2. The summed E-state index contributed by atoms with van der Waals surface area (Å²) < 4.78 is 0. The van der Waals surface area contributed by atoms with Crippen LogP contribution in [0.5, 0.6) is 0 Å². The Morgan fingerprint density at radius 1 is 1.73 bits per heavy atom. The molecule has 11 heavy (non-hydrogen) atoms. The highest BCUT2D eigenvalue weighted by Crippen LogP contribution is 2.21. The van der Waals surface area contributed by atoms with E-state index in [4.69, 9.17) is 0 Å². The quantitative estimate of drug-likeness (QED) is 0.583. The maximum atomic E-state index is 3.73. The summed E-state index contributed by atoms with van der Waals surface area (Å²) in [5.74, 6) is 0.628. The van der Waals surface area contributed by atoms with Gasteiger partial charge >= 0.3 is 0 Å². The van der Waals surface area contributed by atoms with E-state index in [0.717, 1.165) is 6.42 Å². The molecular formula is C10H15N. The lowest BCUT2D eigenvalue weighted by atomic mass is 9.98. The first kappa shape index (κ1) is 8.12. The first-order valence-corrected chi connectivity index (χ1v) is 3.98. The van der Waals surface area contributed by atoms with Gasteiger partial charge in [0.15, 0.2) is 0 Å². The van der Waals surface area contributed by atoms with Gasteiger partial charge in [-0.2, -0.15) is 0 Å². The topological polar surface area (TPSA) is 3.24 Å². The van der Waals surface area contributed by atoms with Gasteiger partial charge in [0.1, 0.15) is 0 Å². The van der Waals surface area contributed by atoms with Crippen LogP contribution in [0.2, 0.25) is 0 Å². The molecule has 0 N–H and O–H groups in total. The van der Waals surface area contributed by atoms with E-state index in [-0.39, 0.29) is 0 Å². The number of hydrogen-bond acceptors (Lipinski definition) is 1. The van der Waals surface area contributed by atoms with Gasteiger partial charge in [0.25, 0.3) is 0 Å². The molecule has 60 valence electrons. The normalized spacial score (nSPS) is 22.7. The molecule has 1 unspecified atom stereocenters. The van der Waals surface area contributed by atoms with Crippen LogP contribution in [0, 0.1) is 5.92 Å². The van der Waals surface area contributed by atoms with Crippen LogP contribution in [0.1, 0.15) is 13.3 Å². The second-order valence-corrected chi connectivity index (χ2v) is 2.95. The van der Waals surface area contributed by atoms with E-state index >= 15 is 0 Å². The fourth-order valence-electron chi connectivity index (χ4n) is 1.30. The third kappa shape index (κ3) is 1.73. The number of hydrogen-bond donors (Lipinski definition) is 0. The van der Waals surface area contributed by atoms with E-state index in [2.05, 4.69) is 36.6 Å². The van der Waals surface area contributed by atoms with Crippen molar-refractivity contribution in [3.63, 3.8) is 0 Å². The van der Waals surface area contributed by atoms with Gasteiger partial charge in [-0.05, 0) is 24.6 Å². The molecule has 0 fully saturated rings. The molecule has 1 aliphatic carbocycles. The van der Waals surface area contributed by atoms with Crippen molar-refractivity contribution in [2.75, 3.05) is 7.05 Å². The molecule has 1 rings (SSSR count). The third-order valence-electron chi connectivity index (χ3n) is 2.08. The van der Waals surface area contributed by atoms with Gasteiger partial charge in [-0.25, -0.2) is 0 Å². The fraction of sp³-hybridized carbons (Fsp3) is 0.400. The largest absolute Gasteiger partial charge is 0.355 e. The van der Waals surface area contributed by atoms with Crippen molar-refractivity contribution in [1.29, 1.82) is 0 Å². The molecule has 0 aromatic rings. The first-order valence-electron chi connectivity index (χ1n) is 3.98. The third-order valence-corrected chi connectivity index (χ3v) is 2.08. The second-order valence-electron chi connectivity index (χ2n) is 2.95. The molecule has 0 aliphatic heterocycles. The average molecular weight is 149 g/mol. The van der Waals surface area contributed by atoms with E-state index in [0.29, 0.717) is 5.92 Å². The highest BCUT2D eigenvalue weighted by Gasteiger charge is 2.11. The molecule has 1 aliphatic rings. The Labute approximate surface area is 68.7 Å². The molecule has 0 saturated heterocycles. The van der Waals surface area contributed by atoms with Gasteiger partial charge in [0.2, 0.25) is 0 Å². The molecular weight excluding hydrogens is 134 g/mol. The number of allylic oxidation sites excluding steroid dienone is 4. The number of nitrogens with zero attached hydrogens (tertiary/aromatic N) is 1. The molecule has 1 nitrogen and oxygen atoms in total. The Hall–Kier alpha value is -0.980. The average Bonchev–Trinajstić information content (AvgIpc) is 2.04.